The molecule has 11 heavy (non-hydrogen) atoms. The fraction of sp³-hybridized carbons (Fsp3) is 0.900. The van der Waals surface area contributed by atoms with Crippen molar-refractivity contribution in [2.75, 3.05) is 0 Å². The molecule has 0 saturated heterocycles. The second kappa shape index (κ2) is 2.96. The summed E-state index contributed by atoms with van der Waals surface area (Å²) in [5, 5.41) is 0. The molecule has 2 atom stereocenters. The van der Waals surface area contributed by atoms with Gasteiger partial charge in [0.2, 0.25) is 0 Å². The highest BCUT2D eigenvalue weighted by Crippen LogP contribution is 2.48. The first kappa shape index (κ1) is 8.76. The maximum atomic E-state index is 10.4. The third-order valence-electron chi connectivity index (χ3n) is 3.65. The first-order valence-electron chi connectivity index (χ1n) is 4.52. The summed E-state index contributed by atoms with van der Waals surface area (Å²) in [6, 6.07) is 0. The van der Waals surface area contributed by atoms with E-state index in [4.69, 9.17) is 0 Å². The first-order valence-corrected chi connectivity index (χ1v) is 4.52. The number of carbonyl (C=O) groups is 1. The van der Waals surface area contributed by atoms with Gasteiger partial charge in [0.25, 0.3) is 0 Å². The van der Waals surface area contributed by atoms with Crippen molar-refractivity contribution in [3.63, 3.8) is 0 Å². The molecule has 0 spiro atoms. The van der Waals surface area contributed by atoms with Gasteiger partial charge < -0.3 is 4.79 Å². The third kappa shape index (κ3) is 1.47. The molecule has 1 fully saturated rings. The highest BCUT2D eigenvalue weighted by Gasteiger charge is 2.39. The maximum Gasteiger partial charge on any atom is 0.120 e. The molecule has 1 aliphatic carbocycles. The van der Waals surface area contributed by atoms with Gasteiger partial charge in [0.1, 0.15) is 6.29 Å². The SMILES string of the molecule is CC1CCC(CC=O)C1(C)C. The summed E-state index contributed by atoms with van der Waals surface area (Å²) in [4.78, 5) is 10.4. The molecular weight excluding hydrogens is 136 g/mol. The van der Waals surface area contributed by atoms with E-state index in [9.17, 15) is 4.79 Å². The Morgan fingerprint density at radius 3 is 2.45 bits per heavy atom. The van der Waals surface area contributed by atoms with Crippen LogP contribution in [0.15, 0.2) is 0 Å². The van der Waals surface area contributed by atoms with Crippen LogP contribution in [0, 0.1) is 17.3 Å². The molecule has 2 unspecified atom stereocenters. The van der Waals surface area contributed by atoms with Gasteiger partial charge in [-0.3, -0.25) is 0 Å². The van der Waals surface area contributed by atoms with Gasteiger partial charge in [0, 0.05) is 6.42 Å². The Morgan fingerprint density at radius 2 is 2.09 bits per heavy atom. The Morgan fingerprint density at radius 1 is 1.45 bits per heavy atom. The van der Waals surface area contributed by atoms with E-state index in [-0.39, 0.29) is 0 Å². The second-order valence-electron chi connectivity index (χ2n) is 4.40. The van der Waals surface area contributed by atoms with E-state index in [0.29, 0.717) is 11.3 Å². The van der Waals surface area contributed by atoms with Crippen molar-refractivity contribution in [3.05, 3.63) is 0 Å². The molecule has 0 bridgehead atoms. The van der Waals surface area contributed by atoms with Crippen LogP contribution in [0.25, 0.3) is 0 Å². The normalized spacial score (nSPS) is 35.5. The molecule has 1 nitrogen and oxygen atoms in total. The molecule has 0 aromatic heterocycles. The van der Waals surface area contributed by atoms with Crippen LogP contribution in [0.5, 0.6) is 0 Å². The van der Waals surface area contributed by atoms with Crippen molar-refractivity contribution in [2.45, 2.75) is 40.0 Å². The summed E-state index contributed by atoms with van der Waals surface area (Å²) >= 11 is 0. The summed E-state index contributed by atoms with van der Waals surface area (Å²) in [7, 11) is 0. The molecule has 1 heteroatoms. The zero-order valence-corrected chi connectivity index (χ0v) is 7.76. The van der Waals surface area contributed by atoms with Crippen LogP contribution in [-0.2, 0) is 4.79 Å². The fourth-order valence-corrected chi connectivity index (χ4v) is 2.14. The Kier molecular flexibility index (Phi) is 2.36. The Balaban J connectivity index is 2.62. The Labute approximate surface area is 69.2 Å². The fourth-order valence-electron chi connectivity index (χ4n) is 2.14. The summed E-state index contributed by atoms with van der Waals surface area (Å²) in [5.74, 6) is 1.42. The lowest BCUT2D eigenvalue weighted by atomic mass is 9.75. The van der Waals surface area contributed by atoms with Gasteiger partial charge >= 0.3 is 0 Å². The van der Waals surface area contributed by atoms with Gasteiger partial charge in [-0.05, 0) is 30.1 Å². The summed E-state index contributed by atoms with van der Waals surface area (Å²) in [5.41, 5.74) is 0.390. The minimum atomic E-state index is 0.390. The number of hydrogen-bond acceptors (Lipinski definition) is 1. The summed E-state index contributed by atoms with van der Waals surface area (Å²) in [6.45, 7) is 6.88. The molecule has 0 N–H and O–H groups in total. The standard InChI is InChI=1S/C10H18O/c1-8-4-5-9(6-7-11)10(8,2)3/h7-9H,4-6H2,1-3H3. The van der Waals surface area contributed by atoms with Gasteiger partial charge in [0.15, 0.2) is 0 Å². The topological polar surface area (TPSA) is 17.1 Å². The number of aldehydes is 1. The lowest BCUT2D eigenvalue weighted by Crippen LogP contribution is -2.23. The Hall–Kier alpha value is -0.330. The first-order chi connectivity index (χ1) is 5.09. The van der Waals surface area contributed by atoms with E-state index in [1.807, 2.05) is 0 Å². The predicted octanol–water partition coefficient (Wildman–Crippen LogP) is 2.65. The Bertz CT molecular complexity index is 149. The van der Waals surface area contributed by atoms with Crippen LogP contribution in [0.3, 0.4) is 0 Å². The van der Waals surface area contributed by atoms with Crippen molar-refractivity contribution < 1.29 is 4.79 Å². The van der Waals surface area contributed by atoms with Gasteiger partial charge in [-0.25, -0.2) is 0 Å². The van der Waals surface area contributed by atoms with Gasteiger partial charge in [-0.1, -0.05) is 20.8 Å². The van der Waals surface area contributed by atoms with Crippen molar-refractivity contribution in [2.24, 2.45) is 17.3 Å². The average molecular weight is 154 g/mol. The van der Waals surface area contributed by atoms with Crippen LogP contribution < -0.4 is 0 Å². The highest BCUT2D eigenvalue weighted by molar-refractivity contribution is 5.50. The zero-order chi connectivity index (χ0) is 8.48. The molecule has 0 aromatic carbocycles. The minimum absolute atomic E-state index is 0.390. The number of rotatable bonds is 2. The van der Waals surface area contributed by atoms with Crippen LogP contribution >= 0.6 is 0 Å². The van der Waals surface area contributed by atoms with Gasteiger partial charge in [-0.15, -0.1) is 0 Å². The lowest BCUT2D eigenvalue weighted by molar-refractivity contribution is -0.109. The maximum absolute atomic E-state index is 10.4. The number of carbonyl (C=O) groups excluding carboxylic acids is 1. The van der Waals surface area contributed by atoms with Crippen LogP contribution in [0.2, 0.25) is 0 Å². The quantitative estimate of drug-likeness (QED) is 0.559. The summed E-state index contributed by atoms with van der Waals surface area (Å²) < 4.78 is 0. The average Bonchev–Trinajstić information content (AvgIpc) is 2.16. The van der Waals surface area contributed by atoms with Crippen LogP contribution in [0.1, 0.15) is 40.0 Å². The van der Waals surface area contributed by atoms with Crippen molar-refractivity contribution in [1.82, 2.24) is 0 Å². The third-order valence-corrected chi connectivity index (χ3v) is 3.65. The van der Waals surface area contributed by atoms with Gasteiger partial charge in [-0.2, -0.15) is 0 Å². The largest absolute Gasteiger partial charge is 0.303 e. The van der Waals surface area contributed by atoms with E-state index < -0.39 is 0 Å². The molecule has 0 amide bonds. The number of hydrogen-bond donors (Lipinski definition) is 0. The van der Waals surface area contributed by atoms with E-state index in [2.05, 4.69) is 20.8 Å². The van der Waals surface area contributed by atoms with Crippen molar-refractivity contribution in [3.8, 4) is 0 Å². The monoisotopic (exact) mass is 154 g/mol. The summed E-state index contributed by atoms with van der Waals surface area (Å²) in [6.07, 6.45) is 4.38. The smallest absolute Gasteiger partial charge is 0.120 e. The van der Waals surface area contributed by atoms with E-state index >= 15 is 0 Å². The van der Waals surface area contributed by atoms with Crippen LogP contribution in [0.4, 0.5) is 0 Å². The highest BCUT2D eigenvalue weighted by atomic mass is 16.1. The van der Waals surface area contributed by atoms with E-state index in [1.165, 1.54) is 12.8 Å². The van der Waals surface area contributed by atoms with Crippen molar-refractivity contribution >= 4 is 6.29 Å². The van der Waals surface area contributed by atoms with Gasteiger partial charge in [0.05, 0.1) is 0 Å². The molecule has 0 heterocycles. The van der Waals surface area contributed by atoms with E-state index in [0.717, 1.165) is 18.6 Å². The minimum Gasteiger partial charge on any atom is -0.303 e. The lowest BCUT2D eigenvalue weighted by Gasteiger charge is -2.30. The molecular formula is C10H18O. The molecule has 0 radical (unpaired) electrons. The molecule has 1 saturated carbocycles. The van der Waals surface area contributed by atoms with E-state index in [1.54, 1.807) is 0 Å². The predicted molar refractivity (Wildman–Crippen MR) is 46.4 cm³/mol. The molecule has 0 aromatic rings. The van der Waals surface area contributed by atoms with Crippen molar-refractivity contribution in [1.29, 1.82) is 0 Å². The molecule has 0 aliphatic heterocycles. The molecule has 1 aliphatic rings. The molecule has 1 rings (SSSR count). The van der Waals surface area contributed by atoms with Crippen LogP contribution in [-0.4, -0.2) is 6.29 Å². The molecule has 64 valence electrons. The zero-order valence-electron chi connectivity index (χ0n) is 7.76. The second-order valence-corrected chi connectivity index (χ2v) is 4.40.